The number of hydrogen-bond acceptors (Lipinski definition) is 6. The third-order valence-electron chi connectivity index (χ3n) is 1.47. The molecule has 0 saturated carbocycles. The Morgan fingerprint density at radius 3 is 1.50 bits per heavy atom. The predicted octanol–water partition coefficient (Wildman–Crippen LogP) is -0.147. The van der Waals surface area contributed by atoms with Crippen molar-refractivity contribution in [1.82, 2.24) is 0 Å². The normalized spacial score (nSPS) is 9.25. The van der Waals surface area contributed by atoms with Gasteiger partial charge in [0.1, 0.15) is 13.2 Å². The molecule has 0 fully saturated rings. The number of ether oxygens (including phenoxy) is 2. The van der Waals surface area contributed by atoms with E-state index < -0.39 is 11.9 Å². The van der Waals surface area contributed by atoms with E-state index in [9.17, 15) is 19.2 Å². The first-order valence-electron chi connectivity index (χ1n) is 4.72. The van der Waals surface area contributed by atoms with Crippen molar-refractivity contribution in [3.8, 4) is 0 Å². The van der Waals surface area contributed by atoms with E-state index in [1.807, 2.05) is 0 Å². The van der Waals surface area contributed by atoms with Crippen molar-refractivity contribution >= 4 is 24.5 Å². The molecule has 0 heterocycles. The summed E-state index contributed by atoms with van der Waals surface area (Å²) in [6, 6.07) is 0. The molecule has 0 aliphatic carbocycles. The minimum absolute atomic E-state index is 0.00616. The molecule has 16 heavy (non-hydrogen) atoms. The second kappa shape index (κ2) is 9.82. The van der Waals surface area contributed by atoms with Gasteiger partial charge in [0.15, 0.2) is 12.6 Å². The van der Waals surface area contributed by atoms with E-state index in [-0.39, 0.29) is 38.9 Å². The zero-order chi connectivity index (χ0) is 12.2. The molecule has 0 aliphatic heterocycles. The van der Waals surface area contributed by atoms with Gasteiger partial charge in [0.05, 0.1) is 12.8 Å². The van der Waals surface area contributed by atoms with E-state index in [1.54, 1.807) is 12.6 Å². The Hall–Kier alpha value is -1.72. The number of carbonyl (C=O) groups excluding carboxylic acids is 4. The van der Waals surface area contributed by atoms with Gasteiger partial charge in [0.2, 0.25) is 0 Å². The van der Waals surface area contributed by atoms with Crippen LogP contribution in [0.5, 0.6) is 0 Å². The van der Waals surface area contributed by atoms with Crippen LogP contribution in [0.4, 0.5) is 0 Å². The predicted molar refractivity (Wildman–Crippen MR) is 51.8 cm³/mol. The van der Waals surface area contributed by atoms with Gasteiger partial charge in [-0.15, -0.1) is 0 Å². The molecule has 0 aromatic rings. The maximum Gasteiger partial charge on any atom is 0.306 e. The van der Waals surface area contributed by atoms with Crippen molar-refractivity contribution in [1.29, 1.82) is 0 Å². The summed E-state index contributed by atoms with van der Waals surface area (Å²) < 4.78 is 9.25. The summed E-state index contributed by atoms with van der Waals surface area (Å²) >= 11 is 0. The molecule has 2 radical (unpaired) electrons. The van der Waals surface area contributed by atoms with Crippen LogP contribution in [0.1, 0.15) is 25.7 Å². The maximum absolute atomic E-state index is 10.8. The lowest BCUT2D eigenvalue weighted by molar-refractivity contribution is -0.152. The average Bonchev–Trinajstić information content (AvgIpc) is 2.29. The molecule has 0 N–H and O–H groups in total. The summed E-state index contributed by atoms with van der Waals surface area (Å²) in [7, 11) is 0. The van der Waals surface area contributed by atoms with Gasteiger partial charge in [-0.1, -0.05) is 0 Å². The lowest BCUT2D eigenvalue weighted by atomic mass is 10.3. The van der Waals surface area contributed by atoms with E-state index in [0.717, 1.165) is 0 Å². The first kappa shape index (κ1) is 14.3. The fourth-order valence-corrected chi connectivity index (χ4v) is 0.762. The maximum atomic E-state index is 10.8. The number of carbonyl (C=O) groups is 2. The molecular formula is C10H12O6. The Morgan fingerprint density at radius 1 is 0.812 bits per heavy atom. The number of esters is 2. The van der Waals surface area contributed by atoms with Gasteiger partial charge in [-0.2, -0.15) is 0 Å². The van der Waals surface area contributed by atoms with Crippen LogP contribution in [0.25, 0.3) is 0 Å². The van der Waals surface area contributed by atoms with Gasteiger partial charge >= 0.3 is 11.9 Å². The Labute approximate surface area is 92.9 Å². The van der Waals surface area contributed by atoms with Crippen LogP contribution in [0.15, 0.2) is 0 Å². The van der Waals surface area contributed by atoms with Crippen LogP contribution < -0.4 is 0 Å². The lowest BCUT2D eigenvalue weighted by Gasteiger charge is -2.04. The van der Waals surface area contributed by atoms with Crippen LogP contribution in [0.3, 0.4) is 0 Å². The Kier molecular flexibility index (Phi) is 8.76. The Balaban J connectivity index is 3.37. The van der Waals surface area contributed by atoms with Crippen LogP contribution >= 0.6 is 0 Å². The first-order valence-corrected chi connectivity index (χ1v) is 4.72. The van der Waals surface area contributed by atoms with Gasteiger partial charge in [-0.3, -0.25) is 19.2 Å². The highest BCUT2D eigenvalue weighted by atomic mass is 16.6. The average molecular weight is 228 g/mol. The Morgan fingerprint density at radius 2 is 1.19 bits per heavy atom. The molecule has 0 rings (SSSR count). The van der Waals surface area contributed by atoms with E-state index in [4.69, 9.17) is 0 Å². The topological polar surface area (TPSA) is 86.7 Å². The molecular weight excluding hydrogens is 216 g/mol. The summed E-state index contributed by atoms with van der Waals surface area (Å²) in [6.07, 6.45) is 3.04. The van der Waals surface area contributed by atoms with Crippen LogP contribution in [-0.2, 0) is 28.7 Å². The molecule has 0 saturated heterocycles. The highest BCUT2D eigenvalue weighted by Gasteiger charge is 2.04. The van der Waals surface area contributed by atoms with Crippen LogP contribution in [0, 0.1) is 0 Å². The van der Waals surface area contributed by atoms with Crippen molar-refractivity contribution in [2.75, 3.05) is 13.2 Å². The summed E-state index contributed by atoms with van der Waals surface area (Å²) in [5.41, 5.74) is 0. The molecule has 0 spiro atoms. The second-order valence-electron chi connectivity index (χ2n) is 2.73. The molecule has 0 atom stereocenters. The van der Waals surface area contributed by atoms with Gasteiger partial charge in [0, 0.05) is 12.8 Å². The van der Waals surface area contributed by atoms with Gasteiger partial charge < -0.3 is 9.47 Å². The smallest absolute Gasteiger partial charge is 0.306 e. The van der Waals surface area contributed by atoms with E-state index in [2.05, 4.69) is 9.47 Å². The minimum atomic E-state index is -0.541. The number of hydrogen-bond donors (Lipinski definition) is 0. The molecule has 0 aliphatic rings. The van der Waals surface area contributed by atoms with Crippen molar-refractivity contribution in [3.63, 3.8) is 0 Å². The summed E-state index contributed by atoms with van der Waals surface area (Å²) in [6.45, 7) is -0.123. The SMILES string of the molecule is O=[C]CCC(=O)OCCOC(=O)CC[C]=O. The third-order valence-corrected chi connectivity index (χ3v) is 1.47. The largest absolute Gasteiger partial charge is 0.462 e. The van der Waals surface area contributed by atoms with Crippen molar-refractivity contribution < 1.29 is 28.7 Å². The van der Waals surface area contributed by atoms with E-state index in [0.29, 0.717) is 0 Å². The highest BCUT2D eigenvalue weighted by Crippen LogP contribution is 1.92. The van der Waals surface area contributed by atoms with E-state index >= 15 is 0 Å². The first-order chi connectivity index (χ1) is 7.70. The van der Waals surface area contributed by atoms with Gasteiger partial charge in [-0.05, 0) is 0 Å². The van der Waals surface area contributed by atoms with Gasteiger partial charge in [0.25, 0.3) is 0 Å². The van der Waals surface area contributed by atoms with Crippen LogP contribution in [0.2, 0.25) is 0 Å². The summed E-state index contributed by atoms with van der Waals surface area (Å²) in [4.78, 5) is 41.2. The molecule has 0 aromatic heterocycles. The second-order valence-corrected chi connectivity index (χ2v) is 2.73. The van der Waals surface area contributed by atoms with Crippen molar-refractivity contribution in [2.24, 2.45) is 0 Å². The molecule has 0 amide bonds. The van der Waals surface area contributed by atoms with E-state index in [1.165, 1.54) is 0 Å². The molecule has 6 nitrogen and oxygen atoms in total. The molecule has 0 bridgehead atoms. The highest BCUT2D eigenvalue weighted by molar-refractivity contribution is 5.73. The van der Waals surface area contributed by atoms with Crippen molar-refractivity contribution in [3.05, 3.63) is 0 Å². The lowest BCUT2D eigenvalue weighted by Crippen LogP contribution is -2.13. The Bertz CT molecular complexity index is 222. The quantitative estimate of drug-likeness (QED) is 0.403. The molecule has 0 aromatic carbocycles. The third kappa shape index (κ3) is 8.86. The fourth-order valence-electron chi connectivity index (χ4n) is 0.762. The zero-order valence-corrected chi connectivity index (χ0v) is 8.69. The molecule has 0 unspecified atom stereocenters. The fraction of sp³-hybridized carbons (Fsp3) is 0.600. The zero-order valence-electron chi connectivity index (χ0n) is 8.69. The summed E-state index contributed by atoms with van der Waals surface area (Å²) in [5, 5.41) is 0. The van der Waals surface area contributed by atoms with Crippen molar-refractivity contribution in [2.45, 2.75) is 25.7 Å². The molecule has 6 heteroatoms. The monoisotopic (exact) mass is 228 g/mol. The van der Waals surface area contributed by atoms with Crippen LogP contribution in [-0.4, -0.2) is 37.7 Å². The van der Waals surface area contributed by atoms with Gasteiger partial charge in [-0.25, -0.2) is 0 Å². The molecule has 88 valence electrons. The number of rotatable bonds is 9. The standard InChI is InChI=1S/C10H12O6/c11-5-1-3-9(13)15-7-8-16-10(14)4-2-6-12/h1-4,7-8H2. The minimum Gasteiger partial charge on any atom is -0.462 e. The summed E-state index contributed by atoms with van der Waals surface area (Å²) in [5.74, 6) is -1.08.